The number of hydroxylamine groups is 2. The van der Waals surface area contributed by atoms with Crippen LogP contribution in [0.4, 0.5) is 0 Å². The third kappa shape index (κ3) is 4.20. The Morgan fingerprint density at radius 1 is 1.47 bits per heavy atom. The zero-order chi connectivity index (χ0) is 11.9. The summed E-state index contributed by atoms with van der Waals surface area (Å²) in [4.78, 5) is 17.0. The van der Waals surface area contributed by atoms with Gasteiger partial charge in [0, 0.05) is 31.6 Å². The molecule has 17 heavy (non-hydrogen) atoms. The lowest BCUT2D eigenvalue weighted by atomic mass is 10.3. The van der Waals surface area contributed by atoms with E-state index < -0.39 is 0 Å². The standard InChI is InChI=1S/C12H18N2O3/c15-12(13-9-11-4-8-16-10-11)3-6-14-5-1-2-7-17-14/h4,8,10H,1-3,5-7,9H2,(H,13,15). The van der Waals surface area contributed by atoms with Crippen molar-refractivity contribution in [1.82, 2.24) is 10.4 Å². The molecule has 1 aromatic rings. The number of hydrogen-bond donors (Lipinski definition) is 1. The van der Waals surface area contributed by atoms with Gasteiger partial charge in [-0.3, -0.25) is 9.63 Å². The molecule has 1 N–H and O–H groups in total. The maximum Gasteiger partial charge on any atom is 0.221 e. The molecule has 1 amide bonds. The molecule has 5 heteroatoms. The Kier molecular flexibility index (Phi) is 4.58. The Morgan fingerprint density at radius 3 is 3.12 bits per heavy atom. The molecule has 1 aliphatic heterocycles. The monoisotopic (exact) mass is 238 g/mol. The van der Waals surface area contributed by atoms with Crippen molar-refractivity contribution in [2.24, 2.45) is 0 Å². The quantitative estimate of drug-likeness (QED) is 0.840. The summed E-state index contributed by atoms with van der Waals surface area (Å²) in [7, 11) is 0. The van der Waals surface area contributed by atoms with Gasteiger partial charge < -0.3 is 9.73 Å². The van der Waals surface area contributed by atoms with Gasteiger partial charge in [-0.2, -0.15) is 5.06 Å². The van der Waals surface area contributed by atoms with Crippen LogP contribution >= 0.6 is 0 Å². The molecule has 1 aromatic heterocycles. The Labute approximate surface area is 101 Å². The first-order chi connectivity index (χ1) is 8.34. The van der Waals surface area contributed by atoms with Crippen molar-refractivity contribution < 1.29 is 14.0 Å². The highest BCUT2D eigenvalue weighted by molar-refractivity contribution is 5.76. The summed E-state index contributed by atoms with van der Waals surface area (Å²) in [6.07, 6.45) is 5.97. The fraction of sp³-hybridized carbons (Fsp3) is 0.583. The molecule has 0 saturated carbocycles. The van der Waals surface area contributed by atoms with Crippen molar-refractivity contribution in [2.45, 2.75) is 25.8 Å². The van der Waals surface area contributed by atoms with Crippen LogP contribution in [-0.4, -0.2) is 30.7 Å². The van der Waals surface area contributed by atoms with Crippen molar-refractivity contribution >= 4 is 5.91 Å². The summed E-state index contributed by atoms with van der Waals surface area (Å²) in [6.45, 7) is 2.89. The van der Waals surface area contributed by atoms with E-state index in [0.29, 0.717) is 19.5 Å². The fourth-order valence-corrected chi connectivity index (χ4v) is 1.73. The van der Waals surface area contributed by atoms with Gasteiger partial charge in [0.25, 0.3) is 0 Å². The minimum absolute atomic E-state index is 0.0420. The van der Waals surface area contributed by atoms with Crippen molar-refractivity contribution in [3.05, 3.63) is 24.2 Å². The van der Waals surface area contributed by atoms with Gasteiger partial charge >= 0.3 is 0 Å². The van der Waals surface area contributed by atoms with E-state index in [-0.39, 0.29) is 5.91 Å². The van der Waals surface area contributed by atoms with Crippen molar-refractivity contribution in [3.8, 4) is 0 Å². The highest BCUT2D eigenvalue weighted by Crippen LogP contribution is 2.06. The molecular weight excluding hydrogens is 220 g/mol. The van der Waals surface area contributed by atoms with E-state index in [1.165, 1.54) is 0 Å². The highest BCUT2D eigenvalue weighted by atomic mass is 16.7. The smallest absolute Gasteiger partial charge is 0.221 e. The number of nitrogens with one attached hydrogen (secondary N) is 1. The molecule has 0 unspecified atom stereocenters. The number of furan rings is 1. The van der Waals surface area contributed by atoms with E-state index in [9.17, 15) is 4.79 Å². The third-order valence-electron chi connectivity index (χ3n) is 2.73. The summed E-state index contributed by atoms with van der Waals surface area (Å²) < 4.78 is 4.92. The summed E-state index contributed by atoms with van der Waals surface area (Å²) >= 11 is 0. The average molecular weight is 238 g/mol. The van der Waals surface area contributed by atoms with Gasteiger partial charge in [0.1, 0.15) is 0 Å². The molecule has 0 spiro atoms. The second kappa shape index (κ2) is 6.42. The molecule has 2 heterocycles. The second-order valence-electron chi connectivity index (χ2n) is 4.13. The molecule has 0 bridgehead atoms. The highest BCUT2D eigenvalue weighted by Gasteiger charge is 2.12. The molecular formula is C12H18N2O3. The SMILES string of the molecule is O=C(CCN1CCCCO1)NCc1ccoc1. The Morgan fingerprint density at radius 2 is 2.41 bits per heavy atom. The van der Waals surface area contributed by atoms with Crippen LogP contribution in [-0.2, 0) is 16.2 Å². The van der Waals surface area contributed by atoms with Gasteiger partial charge in [0.05, 0.1) is 19.1 Å². The lowest BCUT2D eigenvalue weighted by Gasteiger charge is -2.25. The Bertz CT molecular complexity index is 332. The lowest BCUT2D eigenvalue weighted by Crippen LogP contribution is -2.34. The van der Waals surface area contributed by atoms with Crippen LogP contribution in [0.25, 0.3) is 0 Å². The van der Waals surface area contributed by atoms with Crippen molar-refractivity contribution in [1.29, 1.82) is 0 Å². The van der Waals surface area contributed by atoms with E-state index in [0.717, 1.165) is 31.6 Å². The van der Waals surface area contributed by atoms with Gasteiger partial charge in [-0.15, -0.1) is 0 Å². The van der Waals surface area contributed by atoms with Crippen LogP contribution in [0.1, 0.15) is 24.8 Å². The predicted octanol–water partition coefficient (Wildman–Crippen LogP) is 1.31. The molecule has 5 nitrogen and oxygen atoms in total. The van der Waals surface area contributed by atoms with Crippen LogP contribution in [0.2, 0.25) is 0 Å². The average Bonchev–Trinajstić information content (AvgIpc) is 2.88. The summed E-state index contributed by atoms with van der Waals surface area (Å²) in [6, 6.07) is 1.84. The normalized spacial score (nSPS) is 16.9. The Balaban J connectivity index is 1.60. The molecule has 0 aromatic carbocycles. The van der Waals surface area contributed by atoms with E-state index in [4.69, 9.17) is 9.25 Å². The molecule has 1 fully saturated rings. The first-order valence-electron chi connectivity index (χ1n) is 6.00. The van der Waals surface area contributed by atoms with Gasteiger partial charge in [-0.05, 0) is 18.9 Å². The largest absolute Gasteiger partial charge is 0.472 e. The molecule has 2 rings (SSSR count). The minimum Gasteiger partial charge on any atom is -0.472 e. The number of nitrogens with zero attached hydrogens (tertiary/aromatic N) is 1. The molecule has 1 saturated heterocycles. The van der Waals surface area contributed by atoms with Crippen LogP contribution in [0.15, 0.2) is 23.0 Å². The molecule has 0 atom stereocenters. The number of carbonyl (C=O) groups is 1. The summed E-state index contributed by atoms with van der Waals surface area (Å²) in [5.41, 5.74) is 0.979. The van der Waals surface area contributed by atoms with E-state index >= 15 is 0 Å². The van der Waals surface area contributed by atoms with Crippen LogP contribution < -0.4 is 5.32 Å². The number of hydrogen-bond acceptors (Lipinski definition) is 4. The predicted molar refractivity (Wildman–Crippen MR) is 61.9 cm³/mol. The van der Waals surface area contributed by atoms with Gasteiger partial charge in [0.15, 0.2) is 0 Å². The first-order valence-corrected chi connectivity index (χ1v) is 6.00. The second-order valence-corrected chi connectivity index (χ2v) is 4.13. The molecule has 1 aliphatic rings. The van der Waals surface area contributed by atoms with E-state index in [2.05, 4.69) is 5.32 Å². The molecule has 0 aliphatic carbocycles. The van der Waals surface area contributed by atoms with Crippen LogP contribution in [0.3, 0.4) is 0 Å². The lowest BCUT2D eigenvalue weighted by molar-refractivity contribution is -0.181. The van der Waals surface area contributed by atoms with Crippen LogP contribution in [0.5, 0.6) is 0 Å². The number of rotatable bonds is 5. The van der Waals surface area contributed by atoms with E-state index in [1.54, 1.807) is 12.5 Å². The maximum atomic E-state index is 11.6. The molecule has 0 radical (unpaired) electrons. The van der Waals surface area contributed by atoms with Gasteiger partial charge in [0.2, 0.25) is 5.91 Å². The fourth-order valence-electron chi connectivity index (χ4n) is 1.73. The third-order valence-corrected chi connectivity index (χ3v) is 2.73. The van der Waals surface area contributed by atoms with Crippen molar-refractivity contribution in [3.63, 3.8) is 0 Å². The zero-order valence-corrected chi connectivity index (χ0v) is 9.85. The summed E-state index contributed by atoms with van der Waals surface area (Å²) in [5, 5.41) is 4.72. The summed E-state index contributed by atoms with van der Waals surface area (Å²) in [5.74, 6) is 0.0420. The number of amides is 1. The minimum atomic E-state index is 0.0420. The maximum absolute atomic E-state index is 11.6. The Hall–Kier alpha value is -1.33. The van der Waals surface area contributed by atoms with Crippen molar-refractivity contribution in [2.75, 3.05) is 19.7 Å². The van der Waals surface area contributed by atoms with E-state index in [1.807, 2.05) is 11.1 Å². The van der Waals surface area contributed by atoms with Gasteiger partial charge in [-0.1, -0.05) is 0 Å². The van der Waals surface area contributed by atoms with Crippen LogP contribution in [0, 0.1) is 0 Å². The zero-order valence-electron chi connectivity index (χ0n) is 9.85. The molecule has 94 valence electrons. The van der Waals surface area contributed by atoms with Gasteiger partial charge in [-0.25, -0.2) is 0 Å². The number of carbonyl (C=O) groups excluding carboxylic acids is 1. The topological polar surface area (TPSA) is 54.7 Å². The first kappa shape index (κ1) is 12.1.